The van der Waals surface area contributed by atoms with Crippen LogP contribution < -0.4 is 10.6 Å². The number of fused-ring (bicyclic) bond motifs is 2. The second kappa shape index (κ2) is 21.8. The number of ether oxygens (including phenoxy) is 4. The molecule has 0 saturated carbocycles. The van der Waals surface area contributed by atoms with Gasteiger partial charge in [0.2, 0.25) is 6.54 Å². The highest BCUT2D eigenvalue weighted by molar-refractivity contribution is 7.68. The normalized spacial score (nSPS) is 21.4. The molecular weight excluding hydrogens is 931 g/mol. The van der Waals surface area contributed by atoms with Crippen LogP contribution in [0.5, 0.6) is 0 Å². The molecule has 2 aromatic carbocycles. The third kappa shape index (κ3) is 12.1. The number of amides is 2. The van der Waals surface area contributed by atoms with E-state index < -0.39 is 51.9 Å². The molecule has 2 fully saturated rings. The molecule has 2 aliphatic rings. The molecule has 2 N–H and O–H groups in total. The van der Waals surface area contributed by atoms with Crippen LogP contribution in [0.25, 0.3) is 27.2 Å². The molecule has 2 aliphatic heterocycles. The van der Waals surface area contributed by atoms with Crippen molar-refractivity contribution in [3.8, 4) is 0 Å². The topological polar surface area (TPSA) is 244 Å². The van der Waals surface area contributed by atoms with Crippen molar-refractivity contribution in [3.63, 3.8) is 0 Å². The Morgan fingerprint density at radius 2 is 1.28 bits per heavy atom. The van der Waals surface area contributed by atoms with Crippen molar-refractivity contribution in [3.05, 3.63) is 109 Å². The largest absolute Gasteiger partial charge is 0.376 e. The summed E-state index contributed by atoms with van der Waals surface area (Å²) in [5, 5.41) is 5.67. The molecular formula is C45H54N12O10P2. The van der Waals surface area contributed by atoms with Gasteiger partial charge < -0.3 is 34.4 Å². The lowest BCUT2D eigenvalue weighted by molar-refractivity contribution is -0.0807. The number of hydrogen-bond acceptors (Lipinski definition) is 16. The van der Waals surface area contributed by atoms with E-state index in [-0.39, 0.29) is 68.4 Å². The van der Waals surface area contributed by atoms with Crippen LogP contribution in [0.1, 0.15) is 73.7 Å². The van der Waals surface area contributed by atoms with Crippen molar-refractivity contribution in [2.24, 2.45) is 4.52 Å². The number of benzene rings is 2. The smallest absolute Gasteiger partial charge is 0.362 e. The fourth-order valence-corrected chi connectivity index (χ4v) is 11.9. The number of aromatic nitrogens is 8. The third-order valence-corrected chi connectivity index (χ3v) is 14.8. The third-order valence-electron chi connectivity index (χ3n) is 10.7. The average molecular weight is 985 g/mol. The number of imidazole rings is 2. The first-order valence-electron chi connectivity index (χ1n) is 22.3. The molecule has 0 bridgehead atoms. The number of carbonyl (C=O) groups is 2. The zero-order valence-corrected chi connectivity index (χ0v) is 40.7. The minimum absolute atomic E-state index is 0.0558. The minimum atomic E-state index is -3.99. The second-order valence-corrected chi connectivity index (χ2v) is 22.0. The van der Waals surface area contributed by atoms with Crippen LogP contribution in [-0.2, 0) is 37.1 Å². The number of anilines is 2. The number of hydrogen-bond donors (Lipinski definition) is 2. The van der Waals surface area contributed by atoms with Gasteiger partial charge in [0.25, 0.3) is 11.8 Å². The molecule has 2 saturated heterocycles. The van der Waals surface area contributed by atoms with Gasteiger partial charge in [0, 0.05) is 37.3 Å². The fraction of sp³-hybridized carbons (Fsp3) is 0.444. The van der Waals surface area contributed by atoms with Gasteiger partial charge in [0.1, 0.15) is 50.0 Å². The number of rotatable bonds is 20. The molecule has 8 rings (SSSR count). The molecule has 69 heavy (non-hydrogen) atoms. The summed E-state index contributed by atoms with van der Waals surface area (Å²) in [7, 11) is -7.33. The van der Waals surface area contributed by atoms with Crippen LogP contribution in [0, 0.1) is 6.57 Å². The molecule has 24 heteroatoms. The van der Waals surface area contributed by atoms with E-state index in [1.54, 1.807) is 70.3 Å². The zero-order chi connectivity index (χ0) is 48.7. The summed E-state index contributed by atoms with van der Waals surface area (Å²) in [5.41, 5.74) is 2.40. The van der Waals surface area contributed by atoms with Crippen molar-refractivity contribution >= 4 is 60.8 Å². The molecule has 7 atom stereocenters. The highest BCUT2D eigenvalue weighted by Gasteiger charge is 2.45. The van der Waals surface area contributed by atoms with E-state index in [2.05, 4.69) is 49.9 Å². The molecule has 364 valence electrons. The van der Waals surface area contributed by atoms with Gasteiger partial charge in [-0.05, 0) is 52.0 Å². The van der Waals surface area contributed by atoms with Gasteiger partial charge in [0.15, 0.2) is 41.3 Å². The van der Waals surface area contributed by atoms with Crippen molar-refractivity contribution in [2.75, 3.05) is 50.3 Å². The van der Waals surface area contributed by atoms with Crippen LogP contribution in [0.2, 0.25) is 0 Å². The maximum absolute atomic E-state index is 13.8. The van der Waals surface area contributed by atoms with Crippen molar-refractivity contribution in [2.45, 2.75) is 89.6 Å². The van der Waals surface area contributed by atoms with E-state index in [1.165, 1.54) is 26.0 Å². The van der Waals surface area contributed by atoms with E-state index >= 15 is 0 Å². The number of carbonyl (C=O) groups excluding carboxylic acids is 2. The molecule has 0 aliphatic carbocycles. The quantitative estimate of drug-likeness (QED) is 0.0421. The molecule has 6 heterocycles. The van der Waals surface area contributed by atoms with Gasteiger partial charge >= 0.3 is 7.74 Å². The average Bonchev–Trinajstić information content (AvgIpc) is 4.13. The highest BCUT2D eigenvalue weighted by Crippen LogP contribution is 2.63. The molecule has 2 amide bonds. The minimum Gasteiger partial charge on any atom is -0.376 e. The van der Waals surface area contributed by atoms with E-state index in [0.717, 1.165) is 0 Å². The first kappa shape index (κ1) is 49.6. The van der Waals surface area contributed by atoms with Crippen LogP contribution >= 0.6 is 15.0 Å². The van der Waals surface area contributed by atoms with Crippen LogP contribution in [0.15, 0.2) is 90.5 Å². The van der Waals surface area contributed by atoms with Crippen molar-refractivity contribution in [1.82, 2.24) is 39.0 Å². The molecule has 22 nitrogen and oxygen atoms in total. The summed E-state index contributed by atoms with van der Waals surface area (Å²) < 4.78 is 67.6. The number of nitrogens with one attached hydrogen (secondary N) is 2. The predicted molar refractivity (Wildman–Crippen MR) is 255 cm³/mol. The molecule has 1 unspecified atom stereocenters. The first-order valence-corrected chi connectivity index (χ1v) is 26.4. The van der Waals surface area contributed by atoms with Crippen LogP contribution in [0.4, 0.5) is 11.6 Å². The van der Waals surface area contributed by atoms with Crippen molar-refractivity contribution < 1.29 is 46.7 Å². The second-order valence-electron chi connectivity index (χ2n) is 17.1. The van der Waals surface area contributed by atoms with Crippen LogP contribution in [0.3, 0.4) is 0 Å². The van der Waals surface area contributed by atoms with Crippen molar-refractivity contribution in [1.29, 1.82) is 0 Å². The lowest BCUT2D eigenvalue weighted by Crippen LogP contribution is -2.32. The Morgan fingerprint density at radius 1 is 0.754 bits per heavy atom. The Kier molecular flexibility index (Phi) is 15.7. The molecule has 0 spiro atoms. The molecule has 6 aromatic rings. The van der Waals surface area contributed by atoms with E-state index in [0.29, 0.717) is 39.9 Å². The Labute approximate surface area is 398 Å². The monoisotopic (exact) mass is 984 g/mol. The first-order chi connectivity index (χ1) is 33.2. The summed E-state index contributed by atoms with van der Waals surface area (Å²) in [6.45, 7) is 17.8. The lowest BCUT2D eigenvalue weighted by atomic mass is 10.2. The molecule has 0 radical (unpaired) electrons. The van der Waals surface area contributed by atoms with E-state index in [9.17, 15) is 14.2 Å². The summed E-state index contributed by atoms with van der Waals surface area (Å²) >= 11 is 0. The Bertz CT molecular complexity index is 2890. The summed E-state index contributed by atoms with van der Waals surface area (Å²) in [6.07, 6.45) is 1.73. The zero-order valence-electron chi connectivity index (χ0n) is 38.9. The van der Waals surface area contributed by atoms with E-state index in [1.807, 2.05) is 39.8 Å². The Morgan fingerprint density at radius 3 is 1.77 bits per heavy atom. The predicted octanol–water partition coefficient (Wildman–Crippen LogP) is 7.79. The molecule has 4 aromatic heterocycles. The van der Waals surface area contributed by atoms with Gasteiger partial charge in [-0.3, -0.25) is 36.9 Å². The van der Waals surface area contributed by atoms with Gasteiger partial charge in [-0.25, -0.2) is 36.5 Å². The van der Waals surface area contributed by atoms with Crippen LogP contribution in [-0.4, -0.2) is 127 Å². The SMILES string of the molecule is [C-]#[N+]CCOP(=NP(C)(C)=O)(OC[C@H]1O[C@@H](n2cnc3c(NC(=O)c4ccccc4)ncnc32)C[C@H]1OC(C)C)O[C@@H]1C[C@H](n2cnc3c(NC(=O)c4ccccc4)ncnc32)O[C@@H]1COC(C)C. The maximum Gasteiger partial charge on any atom is 0.362 e. The lowest BCUT2D eigenvalue weighted by Gasteiger charge is -2.30. The fourth-order valence-electron chi connectivity index (χ4n) is 7.76. The number of nitrogens with zero attached hydrogens (tertiary/aromatic N) is 10. The van der Waals surface area contributed by atoms with E-state index in [4.69, 9.17) is 39.1 Å². The van der Waals surface area contributed by atoms with Gasteiger partial charge in [-0.2, -0.15) is 4.52 Å². The van der Waals surface area contributed by atoms with Gasteiger partial charge in [-0.1, -0.05) is 36.4 Å². The maximum atomic E-state index is 13.8. The van der Waals surface area contributed by atoms with Gasteiger partial charge in [0.05, 0.1) is 44.2 Å². The highest BCUT2D eigenvalue weighted by atomic mass is 31.2. The van der Waals surface area contributed by atoms with Gasteiger partial charge in [-0.15, -0.1) is 0 Å². The Hall–Kier alpha value is -5.85. The summed E-state index contributed by atoms with van der Waals surface area (Å²) in [6, 6.07) is 17.5. The Balaban J connectivity index is 1.06. The summed E-state index contributed by atoms with van der Waals surface area (Å²) in [5.74, 6) is -0.267. The summed E-state index contributed by atoms with van der Waals surface area (Å²) in [4.78, 5) is 56.3. The standard InChI is InChI=1S/C45H54N12O10P2/c1-28(2)61-22-34-33(21-37(65-34)57-27-52-39-41(48-25-50-43(39)57)54-45(59)31-16-12-9-13-17-31)67-69(55-68(6,7)60,62-19-18-46-5)63-23-35-32(64-29(3)4)20-36(66-35)56-26-51-38-40(47-24-49-42(38)56)53-44(58)30-14-10-8-11-15-30/h8-17,24-29,32-37H,18-23H2,1-4,6-7H3,(H,47,49,53,58)(H,48,50,54,59)/t32-,33-,34-,35-,36-,37-,69?/m1/s1.